The molecule has 4 aliphatic rings. The molecule has 4 N–H and O–H groups in total. The summed E-state index contributed by atoms with van der Waals surface area (Å²) in [4.78, 5) is 0. The van der Waals surface area contributed by atoms with Crippen molar-refractivity contribution in [1.29, 1.82) is 0 Å². The number of ether oxygens (including phenoxy) is 2. The average molecular weight is 314 g/mol. The van der Waals surface area contributed by atoms with Crippen LogP contribution in [0.4, 0.5) is 0 Å². The van der Waals surface area contributed by atoms with Crippen LogP contribution in [-0.4, -0.2) is 60.2 Å². The van der Waals surface area contributed by atoms with E-state index in [4.69, 9.17) is 9.47 Å². The Morgan fingerprint density at radius 2 is 1.55 bits per heavy atom. The fourth-order valence-corrected chi connectivity index (χ4v) is 3.75. The smallest absolute Gasteiger partial charge is 0.171 e. The van der Waals surface area contributed by atoms with Gasteiger partial charge < -0.3 is 25.0 Å². The van der Waals surface area contributed by atoms with Crippen molar-refractivity contribution in [3.63, 3.8) is 0 Å². The third-order valence-corrected chi connectivity index (χ3v) is 5.07. The number of aliphatic hydroxyl groups excluding tert-OH is 2. The Morgan fingerprint density at radius 3 is 2.14 bits per heavy atom. The minimum absolute atomic E-state index is 0.267. The summed E-state index contributed by atoms with van der Waals surface area (Å²) in [5, 5.41) is 25.8. The predicted octanol–water partition coefficient (Wildman–Crippen LogP) is 0.473. The third kappa shape index (κ3) is 3.80. The standard InChI is InChI=1S/C11H19NO4.C5H11N/c13-7-6-12-10-9(8(7)14)15-11(16-10)4-2-1-3-5-11;1-2-4-6-5-3-1/h7-10,12-14H,1-6H2;6H,1-5H2. The monoisotopic (exact) mass is 314 g/mol. The molecule has 3 saturated heterocycles. The maximum atomic E-state index is 9.87. The summed E-state index contributed by atoms with van der Waals surface area (Å²) in [6, 6.07) is 0. The van der Waals surface area contributed by atoms with Gasteiger partial charge in [-0.1, -0.05) is 12.8 Å². The first kappa shape index (κ1) is 16.6. The molecule has 0 aromatic heterocycles. The molecule has 4 rings (SSSR count). The molecule has 3 heterocycles. The first-order chi connectivity index (χ1) is 10.7. The van der Waals surface area contributed by atoms with Crippen LogP contribution in [0.15, 0.2) is 0 Å². The summed E-state index contributed by atoms with van der Waals surface area (Å²) in [7, 11) is 0. The van der Waals surface area contributed by atoms with E-state index in [1.165, 1.54) is 38.8 Å². The first-order valence-electron chi connectivity index (χ1n) is 8.86. The van der Waals surface area contributed by atoms with Crippen LogP contribution in [-0.2, 0) is 9.47 Å². The Kier molecular flexibility index (Phi) is 5.70. The highest BCUT2D eigenvalue weighted by atomic mass is 16.8. The summed E-state index contributed by atoms with van der Waals surface area (Å²) < 4.78 is 11.8. The van der Waals surface area contributed by atoms with Crippen LogP contribution in [0.5, 0.6) is 0 Å². The zero-order valence-corrected chi connectivity index (χ0v) is 13.3. The van der Waals surface area contributed by atoms with Gasteiger partial charge in [0.25, 0.3) is 0 Å². The van der Waals surface area contributed by atoms with Crippen molar-refractivity contribution >= 4 is 0 Å². The Bertz CT molecular complexity index is 334. The number of hydrogen-bond donors (Lipinski definition) is 4. The Labute approximate surface area is 132 Å². The summed E-state index contributed by atoms with van der Waals surface area (Å²) in [5.41, 5.74) is 0. The van der Waals surface area contributed by atoms with Gasteiger partial charge in [0.05, 0.1) is 6.10 Å². The van der Waals surface area contributed by atoms with Crippen LogP contribution in [0.3, 0.4) is 0 Å². The Morgan fingerprint density at radius 1 is 0.864 bits per heavy atom. The molecule has 3 aliphatic heterocycles. The van der Waals surface area contributed by atoms with Gasteiger partial charge in [-0.15, -0.1) is 0 Å². The van der Waals surface area contributed by atoms with E-state index in [-0.39, 0.29) is 6.23 Å². The molecule has 22 heavy (non-hydrogen) atoms. The molecule has 128 valence electrons. The number of nitrogens with one attached hydrogen (secondary N) is 2. The van der Waals surface area contributed by atoms with Crippen LogP contribution in [0.25, 0.3) is 0 Å². The molecule has 4 fully saturated rings. The number of hydrogen-bond acceptors (Lipinski definition) is 6. The van der Waals surface area contributed by atoms with Gasteiger partial charge in [0.2, 0.25) is 0 Å². The summed E-state index contributed by atoms with van der Waals surface area (Å²) in [6.45, 7) is 2.86. The van der Waals surface area contributed by atoms with Gasteiger partial charge in [-0.3, -0.25) is 5.32 Å². The van der Waals surface area contributed by atoms with Gasteiger partial charge in [0.15, 0.2) is 5.79 Å². The van der Waals surface area contributed by atoms with Crippen LogP contribution >= 0.6 is 0 Å². The lowest BCUT2D eigenvalue weighted by molar-refractivity contribution is -0.201. The summed E-state index contributed by atoms with van der Waals surface area (Å²) in [5.74, 6) is -0.508. The van der Waals surface area contributed by atoms with Crippen molar-refractivity contribution in [2.45, 2.75) is 81.7 Å². The second-order valence-corrected chi connectivity index (χ2v) is 6.87. The molecule has 0 radical (unpaired) electrons. The quantitative estimate of drug-likeness (QED) is 0.520. The summed E-state index contributed by atoms with van der Waals surface area (Å²) >= 11 is 0. The molecule has 1 saturated carbocycles. The lowest BCUT2D eigenvalue weighted by Crippen LogP contribution is -2.58. The van der Waals surface area contributed by atoms with Crippen molar-refractivity contribution in [2.75, 3.05) is 19.6 Å². The molecule has 4 atom stereocenters. The molecular formula is C16H30N2O4. The van der Waals surface area contributed by atoms with E-state index in [9.17, 15) is 10.2 Å². The average Bonchev–Trinajstić information content (AvgIpc) is 2.93. The van der Waals surface area contributed by atoms with Crippen LogP contribution < -0.4 is 10.6 Å². The van der Waals surface area contributed by atoms with E-state index in [2.05, 4.69) is 10.6 Å². The molecule has 0 aromatic rings. The van der Waals surface area contributed by atoms with Crippen LogP contribution in [0, 0.1) is 0 Å². The number of fused-ring (bicyclic) bond motifs is 1. The zero-order chi connectivity index (χ0) is 15.4. The zero-order valence-electron chi connectivity index (χ0n) is 13.3. The lowest BCUT2D eigenvalue weighted by Gasteiger charge is -2.32. The van der Waals surface area contributed by atoms with Crippen molar-refractivity contribution in [2.24, 2.45) is 0 Å². The molecular weight excluding hydrogens is 284 g/mol. The van der Waals surface area contributed by atoms with Crippen LogP contribution in [0.2, 0.25) is 0 Å². The number of aliphatic hydroxyl groups is 2. The maximum absolute atomic E-state index is 9.87. The van der Waals surface area contributed by atoms with Gasteiger partial charge in [-0.25, -0.2) is 0 Å². The minimum Gasteiger partial charge on any atom is -0.389 e. The van der Waals surface area contributed by atoms with Gasteiger partial charge >= 0.3 is 0 Å². The SMILES string of the molecule is C1CCNCC1.OC1CNC2OC3(CCCCC3)OC2C1O. The van der Waals surface area contributed by atoms with E-state index in [1.807, 2.05) is 0 Å². The van der Waals surface area contributed by atoms with Crippen molar-refractivity contribution in [3.05, 3.63) is 0 Å². The molecule has 6 heteroatoms. The van der Waals surface area contributed by atoms with Crippen LogP contribution in [0.1, 0.15) is 51.4 Å². The largest absolute Gasteiger partial charge is 0.389 e. The Hall–Kier alpha value is -0.240. The molecule has 1 aliphatic carbocycles. The molecule has 6 nitrogen and oxygen atoms in total. The van der Waals surface area contributed by atoms with E-state index in [1.54, 1.807) is 0 Å². The highest BCUT2D eigenvalue weighted by Crippen LogP contribution is 2.41. The fourth-order valence-electron chi connectivity index (χ4n) is 3.75. The number of rotatable bonds is 0. The lowest BCUT2D eigenvalue weighted by atomic mass is 9.94. The van der Waals surface area contributed by atoms with Gasteiger partial charge in [-0.2, -0.15) is 0 Å². The topological polar surface area (TPSA) is 83.0 Å². The highest BCUT2D eigenvalue weighted by Gasteiger charge is 2.53. The predicted molar refractivity (Wildman–Crippen MR) is 82.3 cm³/mol. The van der Waals surface area contributed by atoms with Gasteiger partial charge in [0.1, 0.15) is 18.4 Å². The maximum Gasteiger partial charge on any atom is 0.171 e. The molecule has 0 amide bonds. The number of piperidine rings is 2. The third-order valence-electron chi connectivity index (χ3n) is 5.07. The van der Waals surface area contributed by atoms with Crippen molar-refractivity contribution < 1.29 is 19.7 Å². The van der Waals surface area contributed by atoms with Crippen molar-refractivity contribution in [3.8, 4) is 0 Å². The normalized spacial score (nSPS) is 40.6. The minimum atomic E-state index is -0.840. The molecule has 1 spiro atoms. The van der Waals surface area contributed by atoms with Crippen molar-refractivity contribution in [1.82, 2.24) is 10.6 Å². The second-order valence-electron chi connectivity index (χ2n) is 6.87. The van der Waals surface area contributed by atoms with Gasteiger partial charge in [0, 0.05) is 19.4 Å². The molecule has 0 aromatic carbocycles. The van der Waals surface area contributed by atoms with Gasteiger partial charge in [-0.05, 0) is 38.8 Å². The van der Waals surface area contributed by atoms with E-state index < -0.39 is 24.1 Å². The Balaban J connectivity index is 0.000000202. The number of β-amino-alcohol motifs (C(OH)–C–C–N with tert-alkyl or cyclic N) is 1. The molecule has 4 unspecified atom stereocenters. The summed E-state index contributed by atoms with van der Waals surface area (Å²) in [6.07, 6.45) is 7.15. The second kappa shape index (κ2) is 7.55. The molecule has 0 bridgehead atoms. The highest BCUT2D eigenvalue weighted by molar-refractivity contribution is 4.96. The first-order valence-corrected chi connectivity index (χ1v) is 8.86. The van der Waals surface area contributed by atoms with E-state index >= 15 is 0 Å². The van der Waals surface area contributed by atoms with E-state index in [0.29, 0.717) is 6.54 Å². The fraction of sp³-hybridized carbons (Fsp3) is 1.00. The van der Waals surface area contributed by atoms with E-state index in [0.717, 1.165) is 25.7 Å².